The van der Waals surface area contributed by atoms with E-state index in [1.165, 1.54) is 33.4 Å². The van der Waals surface area contributed by atoms with Gasteiger partial charge in [0.2, 0.25) is 0 Å². The summed E-state index contributed by atoms with van der Waals surface area (Å²) in [5.74, 6) is 0. The van der Waals surface area contributed by atoms with Crippen molar-refractivity contribution < 1.29 is 19.5 Å². The van der Waals surface area contributed by atoms with Crippen LogP contribution in [0.25, 0.3) is 0 Å². The first-order valence-corrected chi connectivity index (χ1v) is 8.62. The van der Waals surface area contributed by atoms with Crippen LogP contribution in [0.3, 0.4) is 0 Å². The van der Waals surface area contributed by atoms with Gasteiger partial charge in [0.05, 0.1) is 0 Å². The monoisotopic (exact) mass is 362 g/mol. The number of allylic oxidation sites excluding steroid dienone is 8. The predicted octanol–water partition coefficient (Wildman–Crippen LogP) is 7.00. The molecule has 0 amide bonds. The van der Waals surface area contributed by atoms with Gasteiger partial charge in [-0.2, -0.15) is 22.3 Å². The second-order valence-corrected chi connectivity index (χ2v) is 7.66. The van der Waals surface area contributed by atoms with Gasteiger partial charge in [-0.25, -0.2) is 11.1 Å². The maximum atomic E-state index is 3.52. The average molecular weight is 364 g/mol. The van der Waals surface area contributed by atoms with Crippen molar-refractivity contribution in [2.45, 2.75) is 82.1 Å². The average Bonchev–Trinajstić information content (AvgIpc) is 2.78. The van der Waals surface area contributed by atoms with Crippen molar-refractivity contribution in [1.82, 2.24) is 0 Å². The topological polar surface area (TPSA) is 0 Å². The third-order valence-electron chi connectivity index (χ3n) is 5.54. The number of rotatable bonds is 2. The Morgan fingerprint density at radius 2 is 0.913 bits per heavy atom. The molecule has 0 nitrogen and oxygen atoms in total. The van der Waals surface area contributed by atoms with E-state index in [0.29, 0.717) is 0 Å². The fraction of sp³-hybridized carbons (Fsp3) is 0.636. The molecule has 2 aliphatic carbocycles. The van der Waals surface area contributed by atoms with Crippen LogP contribution < -0.4 is 0 Å². The van der Waals surface area contributed by atoms with E-state index in [-0.39, 0.29) is 30.3 Å². The molecule has 0 spiro atoms. The molecule has 2 rings (SSSR count). The maximum Gasteiger partial charge on any atom is 2.00 e. The zero-order valence-corrected chi connectivity index (χ0v) is 20.1. The van der Waals surface area contributed by atoms with Crippen molar-refractivity contribution in [3.63, 3.8) is 0 Å². The Morgan fingerprint density at radius 3 is 1.00 bits per heavy atom. The van der Waals surface area contributed by atoms with E-state index in [1.807, 2.05) is 0 Å². The second kappa shape index (κ2) is 8.11. The van der Waals surface area contributed by atoms with Crippen molar-refractivity contribution in [1.29, 1.82) is 0 Å². The Morgan fingerprint density at radius 1 is 0.652 bits per heavy atom. The summed E-state index contributed by atoms with van der Waals surface area (Å²) in [5, 5.41) is 0. The Hall–Kier alpha value is -0.417. The van der Waals surface area contributed by atoms with Crippen molar-refractivity contribution in [2.75, 3.05) is 0 Å². The van der Waals surface area contributed by atoms with Gasteiger partial charge < -0.3 is 0 Å². The van der Waals surface area contributed by atoms with Crippen LogP contribution in [-0.4, -0.2) is 0 Å². The molecule has 0 radical (unpaired) electrons. The predicted molar refractivity (Wildman–Crippen MR) is 98.4 cm³/mol. The minimum Gasteiger partial charge on any atom is -0.263 e. The molecular formula is C22H34Zn. The van der Waals surface area contributed by atoms with Crippen LogP contribution in [0.1, 0.15) is 82.1 Å². The summed E-state index contributed by atoms with van der Waals surface area (Å²) < 4.78 is 0. The fourth-order valence-electron chi connectivity index (χ4n) is 3.23. The molecule has 2 aliphatic rings. The molecule has 0 heterocycles. The summed E-state index contributed by atoms with van der Waals surface area (Å²) in [5.41, 5.74) is 9.07. The Bertz CT molecular complexity index is 511. The maximum absolute atomic E-state index is 3.52. The molecular weight excluding hydrogens is 330 g/mol. The SMILES string of the molecule is CCC1=[C-]C(C)(C)C(C)=C1C.CCC1=[C-]C(C)(C)C(C)=C1C.[Zn+2]. The third kappa shape index (κ3) is 4.79. The third-order valence-corrected chi connectivity index (χ3v) is 5.54. The van der Waals surface area contributed by atoms with Gasteiger partial charge in [-0.15, -0.1) is 13.8 Å². The number of hydrogen-bond acceptors (Lipinski definition) is 0. The van der Waals surface area contributed by atoms with Gasteiger partial charge in [0.25, 0.3) is 0 Å². The van der Waals surface area contributed by atoms with Crippen molar-refractivity contribution in [2.24, 2.45) is 10.8 Å². The van der Waals surface area contributed by atoms with Crippen molar-refractivity contribution in [3.8, 4) is 0 Å². The molecule has 0 N–H and O–H groups in total. The quantitative estimate of drug-likeness (QED) is 0.366. The van der Waals surface area contributed by atoms with Crippen molar-refractivity contribution >= 4 is 0 Å². The Kier molecular flexibility index (Phi) is 7.96. The molecule has 23 heavy (non-hydrogen) atoms. The van der Waals surface area contributed by atoms with Gasteiger partial charge >= 0.3 is 19.5 Å². The second-order valence-electron chi connectivity index (χ2n) is 7.66. The van der Waals surface area contributed by atoms with Gasteiger partial charge in [-0.1, -0.05) is 79.1 Å². The smallest absolute Gasteiger partial charge is 0.263 e. The largest absolute Gasteiger partial charge is 2.00 e. The summed E-state index contributed by atoms with van der Waals surface area (Å²) in [6, 6.07) is 0. The van der Waals surface area contributed by atoms with Gasteiger partial charge in [0.15, 0.2) is 0 Å². The van der Waals surface area contributed by atoms with Crippen molar-refractivity contribution in [3.05, 3.63) is 45.6 Å². The van der Waals surface area contributed by atoms with Crippen LogP contribution in [0.15, 0.2) is 33.4 Å². The molecule has 0 aromatic carbocycles. The minimum absolute atomic E-state index is 0. The van der Waals surface area contributed by atoms with E-state index in [2.05, 4.69) is 81.4 Å². The van der Waals surface area contributed by atoms with Crippen LogP contribution in [0.2, 0.25) is 0 Å². The van der Waals surface area contributed by atoms with E-state index in [0.717, 1.165) is 12.8 Å². The van der Waals surface area contributed by atoms with Gasteiger partial charge in [0.1, 0.15) is 0 Å². The summed E-state index contributed by atoms with van der Waals surface area (Å²) >= 11 is 0. The first-order valence-electron chi connectivity index (χ1n) is 8.62. The molecule has 0 aromatic heterocycles. The molecule has 0 aliphatic heterocycles. The Balaban J connectivity index is 0.000000403. The standard InChI is InChI=1S/2C11H17.Zn/c2*1-6-10-7-11(4,5)9(3)8(10)2;/h2*6H2,1-5H3;/q2*-1;+2. The zero-order valence-electron chi connectivity index (χ0n) is 17.1. The number of hydrogen-bond donors (Lipinski definition) is 0. The molecule has 0 bridgehead atoms. The molecule has 0 saturated heterocycles. The first-order chi connectivity index (χ1) is 9.97. The molecule has 124 valence electrons. The van der Waals surface area contributed by atoms with E-state index >= 15 is 0 Å². The minimum atomic E-state index is 0. The van der Waals surface area contributed by atoms with E-state index in [1.54, 1.807) is 0 Å². The van der Waals surface area contributed by atoms with Crippen LogP contribution in [-0.2, 0) is 19.5 Å². The molecule has 0 aromatic rings. The van der Waals surface area contributed by atoms with Gasteiger partial charge in [-0.05, 0) is 0 Å². The van der Waals surface area contributed by atoms with E-state index < -0.39 is 0 Å². The Labute approximate surface area is 158 Å². The molecule has 0 atom stereocenters. The van der Waals surface area contributed by atoms with Crippen LogP contribution >= 0.6 is 0 Å². The van der Waals surface area contributed by atoms with Gasteiger partial charge in [-0.3, -0.25) is 12.2 Å². The molecule has 0 saturated carbocycles. The van der Waals surface area contributed by atoms with Gasteiger partial charge in [0, 0.05) is 0 Å². The molecule has 0 fully saturated rings. The van der Waals surface area contributed by atoms with Crippen LogP contribution in [0.4, 0.5) is 0 Å². The van der Waals surface area contributed by atoms with E-state index in [9.17, 15) is 0 Å². The van der Waals surface area contributed by atoms with Crippen LogP contribution in [0.5, 0.6) is 0 Å². The summed E-state index contributed by atoms with van der Waals surface area (Å²) in [4.78, 5) is 0. The van der Waals surface area contributed by atoms with Crippen LogP contribution in [0, 0.1) is 23.0 Å². The summed E-state index contributed by atoms with van der Waals surface area (Å²) in [6.07, 6.45) is 9.28. The normalized spacial score (nSPS) is 21.5. The fourth-order valence-corrected chi connectivity index (χ4v) is 3.23. The first kappa shape index (κ1) is 22.6. The zero-order chi connectivity index (χ0) is 17.3. The summed E-state index contributed by atoms with van der Waals surface area (Å²) in [7, 11) is 0. The van der Waals surface area contributed by atoms with E-state index in [4.69, 9.17) is 0 Å². The molecule has 0 unspecified atom stereocenters. The summed E-state index contributed by atoms with van der Waals surface area (Å²) in [6.45, 7) is 22.1. The molecule has 1 heteroatoms.